The van der Waals surface area contributed by atoms with Crippen molar-refractivity contribution in [3.63, 3.8) is 0 Å². The van der Waals surface area contributed by atoms with Crippen LogP contribution in [0.15, 0.2) is 6.20 Å². The molecule has 0 atom stereocenters. The molecular weight excluding hydrogens is 200 g/mol. The van der Waals surface area contributed by atoms with E-state index in [0.29, 0.717) is 0 Å². The Balaban J connectivity index is 2.26. The van der Waals surface area contributed by atoms with Gasteiger partial charge >= 0.3 is 0 Å². The quantitative estimate of drug-likeness (QED) is 0.654. The molecule has 0 amide bonds. The molecule has 3 nitrogen and oxygen atoms in total. The standard InChI is InChI=1S/C13H24N2O/c1-3-4-5-9-13-12(11-14-15-13)8-6-7-10-16-2/h11H,3-10H2,1-2H3,(H,14,15). The third kappa shape index (κ3) is 4.79. The number of aryl methyl sites for hydroxylation is 2. The summed E-state index contributed by atoms with van der Waals surface area (Å²) in [6, 6.07) is 0. The summed E-state index contributed by atoms with van der Waals surface area (Å²) in [5.41, 5.74) is 2.73. The molecule has 0 radical (unpaired) electrons. The minimum absolute atomic E-state index is 0.864. The van der Waals surface area contributed by atoms with Crippen LogP contribution in [0.5, 0.6) is 0 Å². The minimum Gasteiger partial charge on any atom is -0.385 e. The van der Waals surface area contributed by atoms with E-state index < -0.39 is 0 Å². The number of rotatable bonds is 9. The predicted octanol–water partition coefficient (Wildman–Crippen LogP) is 3.11. The van der Waals surface area contributed by atoms with Gasteiger partial charge in [0, 0.05) is 19.4 Å². The van der Waals surface area contributed by atoms with E-state index in [2.05, 4.69) is 17.1 Å². The number of aromatic amines is 1. The van der Waals surface area contributed by atoms with Crippen LogP contribution in [0.2, 0.25) is 0 Å². The molecule has 3 heteroatoms. The first-order valence-corrected chi connectivity index (χ1v) is 6.38. The third-order valence-corrected chi connectivity index (χ3v) is 2.88. The second-order valence-corrected chi connectivity index (χ2v) is 4.28. The van der Waals surface area contributed by atoms with Crippen LogP contribution in [0.4, 0.5) is 0 Å². The number of hydrogen-bond donors (Lipinski definition) is 1. The lowest BCUT2D eigenvalue weighted by atomic mass is 10.1. The lowest BCUT2D eigenvalue weighted by Crippen LogP contribution is -1.95. The molecule has 92 valence electrons. The number of methoxy groups -OCH3 is 1. The summed E-state index contributed by atoms with van der Waals surface area (Å²) < 4.78 is 5.05. The van der Waals surface area contributed by atoms with Gasteiger partial charge in [0.2, 0.25) is 0 Å². The van der Waals surface area contributed by atoms with E-state index in [1.165, 1.54) is 36.9 Å². The van der Waals surface area contributed by atoms with Gasteiger partial charge in [0.15, 0.2) is 0 Å². The predicted molar refractivity (Wildman–Crippen MR) is 66.6 cm³/mol. The number of aromatic nitrogens is 2. The van der Waals surface area contributed by atoms with Gasteiger partial charge in [0.05, 0.1) is 6.20 Å². The van der Waals surface area contributed by atoms with E-state index in [1.807, 2.05) is 6.20 Å². The molecule has 0 aliphatic carbocycles. The molecule has 1 aromatic heterocycles. The molecular formula is C13H24N2O. The number of hydrogen-bond acceptors (Lipinski definition) is 2. The first-order chi connectivity index (χ1) is 7.88. The summed E-state index contributed by atoms with van der Waals surface area (Å²) in [7, 11) is 1.76. The lowest BCUT2D eigenvalue weighted by Gasteiger charge is -2.03. The van der Waals surface area contributed by atoms with Crippen molar-refractivity contribution in [2.45, 2.75) is 51.9 Å². The monoisotopic (exact) mass is 224 g/mol. The molecule has 1 rings (SSSR count). The Bertz CT molecular complexity index is 271. The highest BCUT2D eigenvalue weighted by molar-refractivity contribution is 5.16. The van der Waals surface area contributed by atoms with Crippen LogP contribution in [-0.4, -0.2) is 23.9 Å². The molecule has 0 bridgehead atoms. The molecule has 0 saturated carbocycles. The van der Waals surface area contributed by atoms with Gasteiger partial charge in [-0.15, -0.1) is 0 Å². The van der Waals surface area contributed by atoms with Gasteiger partial charge in [-0.25, -0.2) is 0 Å². The highest BCUT2D eigenvalue weighted by Crippen LogP contribution is 2.12. The van der Waals surface area contributed by atoms with Crippen molar-refractivity contribution in [2.24, 2.45) is 0 Å². The average Bonchev–Trinajstić information content (AvgIpc) is 2.73. The minimum atomic E-state index is 0.864. The number of nitrogens with zero attached hydrogens (tertiary/aromatic N) is 1. The summed E-state index contributed by atoms with van der Waals surface area (Å²) in [6.45, 7) is 3.10. The second-order valence-electron chi connectivity index (χ2n) is 4.28. The number of H-pyrrole nitrogens is 1. The van der Waals surface area contributed by atoms with Gasteiger partial charge in [0.25, 0.3) is 0 Å². The molecule has 1 N–H and O–H groups in total. The van der Waals surface area contributed by atoms with Gasteiger partial charge in [0.1, 0.15) is 0 Å². The lowest BCUT2D eigenvalue weighted by molar-refractivity contribution is 0.193. The molecule has 0 fully saturated rings. The van der Waals surface area contributed by atoms with Crippen molar-refractivity contribution in [1.82, 2.24) is 10.2 Å². The largest absolute Gasteiger partial charge is 0.385 e. The summed E-state index contributed by atoms with van der Waals surface area (Å²) >= 11 is 0. The number of ether oxygens (including phenoxy) is 1. The Morgan fingerprint density at radius 3 is 2.75 bits per heavy atom. The third-order valence-electron chi connectivity index (χ3n) is 2.88. The molecule has 0 aliphatic rings. The van der Waals surface area contributed by atoms with Crippen LogP contribution in [0, 0.1) is 0 Å². The maximum atomic E-state index is 5.05. The Labute approximate surface area is 98.6 Å². The maximum Gasteiger partial charge on any atom is 0.0522 e. The summed E-state index contributed by atoms with van der Waals surface area (Å²) in [5, 5.41) is 7.27. The summed E-state index contributed by atoms with van der Waals surface area (Å²) in [6.07, 6.45) is 10.4. The van der Waals surface area contributed by atoms with Crippen LogP contribution in [0.1, 0.15) is 50.3 Å². The molecule has 0 aliphatic heterocycles. The molecule has 0 unspecified atom stereocenters. The zero-order chi connectivity index (χ0) is 11.6. The summed E-state index contributed by atoms with van der Waals surface area (Å²) in [4.78, 5) is 0. The first kappa shape index (κ1) is 13.2. The van der Waals surface area contributed by atoms with Gasteiger partial charge in [-0.2, -0.15) is 5.10 Å². The topological polar surface area (TPSA) is 37.9 Å². The van der Waals surface area contributed by atoms with E-state index in [9.17, 15) is 0 Å². The summed E-state index contributed by atoms with van der Waals surface area (Å²) in [5.74, 6) is 0. The molecule has 1 aromatic rings. The van der Waals surface area contributed by atoms with E-state index in [0.717, 1.165) is 25.9 Å². The van der Waals surface area contributed by atoms with Gasteiger partial charge in [-0.1, -0.05) is 19.8 Å². The van der Waals surface area contributed by atoms with Crippen LogP contribution in [0.25, 0.3) is 0 Å². The Morgan fingerprint density at radius 2 is 2.00 bits per heavy atom. The van der Waals surface area contributed by atoms with E-state index >= 15 is 0 Å². The van der Waals surface area contributed by atoms with Gasteiger partial charge in [-0.3, -0.25) is 5.10 Å². The Kier molecular flexibility index (Phi) is 6.90. The Morgan fingerprint density at radius 1 is 1.19 bits per heavy atom. The maximum absolute atomic E-state index is 5.05. The van der Waals surface area contributed by atoms with Crippen LogP contribution >= 0.6 is 0 Å². The van der Waals surface area contributed by atoms with Crippen molar-refractivity contribution in [3.05, 3.63) is 17.5 Å². The Hall–Kier alpha value is -0.830. The molecule has 0 spiro atoms. The van der Waals surface area contributed by atoms with Crippen molar-refractivity contribution < 1.29 is 4.74 Å². The van der Waals surface area contributed by atoms with Crippen LogP contribution in [0.3, 0.4) is 0 Å². The highest BCUT2D eigenvalue weighted by Gasteiger charge is 2.04. The highest BCUT2D eigenvalue weighted by atomic mass is 16.5. The van der Waals surface area contributed by atoms with Crippen molar-refractivity contribution in [1.29, 1.82) is 0 Å². The SMILES string of the molecule is CCCCCc1[nH]ncc1CCCCOC. The van der Waals surface area contributed by atoms with Gasteiger partial charge < -0.3 is 4.74 Å². The number of nitrogens with one attached hydrogen (secondary N) is 1. The molecule has 0 aromatic carbocycles. The van der Waals surface area contributed by atoms with Crippen LogP contribution < -0.4 is 0 Å². The van der Waals surface area contributed by atoms with Crippen molar-refractivity contribution >= 4 is 0 Å². The second kappa shape index (κ2) is 8.34. The fraction of sp³-hybridized carbons (Fsp3) is 0.769. The molecule has 1 heterocycles. The first-order valence-electron chi connectivity index (χ1n) is 6.38. The molecule has 0 saturated heterocycles. The van der Waals surface area contributed by atoms with Crippen molar-refractivity contribution in [2.75, 3.05) is 13.7 Å². The van der Waals surface area contributed by atoms with Crippen molar-refractivity contribution in [3.8, 4) is 0 Å². The van der Waals surface area contributed by atoms with E-state index in [1.54, 1.807) is 7.11 Å². The normalized spacial score (nSPS) is 10.9. The van der Waals surface area contributed by atoms with Crippen LogP contribution in [-0.2, 0) is 17.6 Å². The zero-order valence-electron chi connectivity index (χ0n) is 10.6. The zero-order valence-corrected chi connectivity index (χ0v) is 10.6. The molecule has 16 heavy (non-hydrogen) atoms. The van der Waals surface area contributed by atoms with Gasteiger partial charge in [-0.05, 0) is 37.7 Å². The fourth-order valence-electron chi connectivity index (χ4n) is 1.88. The van der Waals surface area contributed by atoms with E-state index in [4.69, 9.17) is 4.74 Å². The average molecular weight is 224 g/mol. The fourth-order valence-corrected chi connectivity index (χ4v) is 1.88. The smallest absolute Gasteiger partial charge is 0.0522 e. The number of unbranched alkanes of at least 4 members (excludes halogenated alkanes) is 3. The van der Waals surface area contributed by atoms with E-state index in [-0.39, 0.29) is 0 Å².